The number of carbonyl (C=O) groups is 2. The van der Waals surface area contributed by atoms with Crippen molar-refractivity contribution < 1.29 is 9.59 Å². The summed E-state index contributed by atoms with van der Waals surface area (Å²) in [6, 6.07) is 0. The van der Waals surface area contributed by atoms with E-state index in [0.717, 1.165) is 0 Å². The van der Waals surface area contributed by atoms with E-state index < -0.39 is 22.3 Å². The zero-order chi connectivity index (χ0) is 8.31. The van der Waals surface area contributed by atoms with E-state index in [-0.39, 0.29) is 0 Å². The first-order valence-electron chi connectivity index (χ1n) is 2.85. The van der Waals surface area contributed by atoms with Crippen LogP contribution in [0.4, 0.5) is 0 Å². The van der Waals surface area contributed by atoms with E-state index in [1.54, 1.807) is 13.8 Å². The molecule has 0 aliphatic rings. The lowest BCUT2D eigenvalue weighted by atomic mass is 9.99. The van der Waals surface area contributed by atoms with Gasteiger partial charge in [-0.3, -0.25) is 9.59 Å². The van der Waals surface area contributed by atoms with Crippen molar-refractivity contribution in [3.05, 3.63) is 0 Å². The largest absolute Gasteiger partial charge is 0.281 e. The monoisotopic (exact) mass is 182 g/mol. The van der Waals surface area contributed by atoms with Crippen LogP contribution in [0.1, 0.15) is 13.8 Å². The summed E-state index contributed by atoms with van der Waals surface area (Å²) in [5.74, 6) is -0.988. The second kappa shape index (κ2) is 3.94. The van der Waals surface area contributed by atoms with Crippen LogP contribution >= 0.6 is 23.2 Å². The number of hydrogen-bond donors (Lipinski definition) is 0. The Balaban J connectivity index is 4.07. The molecule has 2 nitrogen and oxygen atoms in total. The average Bonchev–Trinajstić information content (AvgIpc) is 1.84. The number of halogens is 2. The highest BCUT2D eigenvalue weighted by molar-refractivity contribution is 6.66. The average molecular weight is 183 g/mol. The van der Waals surface area contributed by atoms with Gasteiger partial charge in [0.25, 0.3) is 0 Å². The molecule has 0 heterocycles. The third-order valence-electron chi connectivity index (χ3n) is 1.47. The van der Waals surface area contributed by atoms with Crippen LogP contribution in [-0.2, 0) is 9.59 Å². The molecule has 0 spiro atoms. The molecule has 0 rings (SSSR count). The smallest absolute Gasteiger partial charge is 0.225 e. The Morgan fingerprint density at radius 3 is 1.30 bits per heavy atom. The minimum Gasteiger partial charge on any atom is -0.281 e. The van der Waals surface area contributed by atoms with Crippen molar-refractivity contribution in [1.82, 2.24) is 0 Å². The Bertz CT molecular complexity index is 138. The Morgan fingerprint density at radius 1 is 1.00 bits per heavy atom. The molecule has 0 amide bonds. The summed E-state index contributed by atoms with van der Waals surface area (Å²) in [4.78, 5) is 20.9. The topological polar surface area (TPSA) is 34.1 Å². The van der Waals surface area contributed by atoms with Crippen molar-refractivity contribution >= 4 is 33.7 Å². The molecular weight excluding hydrogens is 175 g/mol. The summed E-state index contributed by atoms with van der Waals surface area (Å²) in [5, 5.41) is -1.05. The highest BCUT2D eigenvalue weighted by atomic mass is 35.5. The van der Waals surface area contributed by atoms with Crippen LogP contribution in [0.3, 0.4) is 0 Å². The van der Waals surface area contributed by atoms with Crippen LogP contribution in [0.25, 0.3) is 0 Å². The van der Waals surface area contributed by atoms with Gasteiger partial charge in [-0.1, -0.05) is 13.8 Å². The SMILES string of the molecule is CC(C(=O)Cl)C(C)C(=O)Cl. The Labute approximate surface area is 69.5 Å². The minimum atomic E-state index is -0.526. The van der Waals surface area contributed by atoms with Gasteiger partial charge in [0.15, 0.2) is 0 Å². The first-order chi connectivity index (χ1) is 4.46. The van der Waals surface area contributed by atoms with Gasteiger partial charge in [-0.2, -0.15) is 0 Å². The molecule has 0 saturated heterocycles. The first-order valence-corrected chi connectivity index (χ1v) is 3.61. The molecule has 2 unspecified atom stereocenters. The fourth-order valence-corrected chi connectivity index (χ4v) is 0.771. The molecule has 58 valence electrons. The predicted molar refractivity (Wildman–Crippen MR) is 40.0 cm³/mol. The summed E-state index contributed by atoms with van der Waals surface area (Å²) in [6.07, 6.45) is 0. The van der Waals surface area contributed by atoms with Gasteiger partial charge in [-0.25, -0.2) is 0 Å². The summed E-state index contributed by atoms with van der Waals surface area (Å²) < 4.78 is 0. The van der Waals surface area contributed by atoms with E-state index in [2.05, 4.69) is 0 Å². The molecule has 0 aromatic carbocycles. The Morgan fingerprint density at radius 2 is 1.20 bits per heavy atom. The van der Waals surface area contributed by atoms with Crippen LogP contribution in [0.5, 0.6) is 0 Å². The molecule has 10 heavy (non-hydrogen) atoms. The molecule has 0 aliphatic carbocycles. The zero-order valence-electron chi connectivity index (χ0n) is 5.73. The second-order valence-electron chi connectivity index (χ2n) is 2.19. The van der Waals surface area contributed by atoms with Gasteiger partial charge in [0.2, 0.25) is 10.5 Å². The van der Waals surface area contributed by atoms with Crippen LogP contribution in [0.2, 0.25) is 0 Å². The van der Waals surface area contributed by atoms with Crippen LogP contribution in [0, 0.1) is 11.8 Å². The number of hydrogen-bond acceptors (Lipinski definition) is 2. The van der Waals surface area contributed by atoms with E-state index in [0.29, 0.717) is 0 Å². The van der Waals surface area contributed by atoms with E-state index >= 15 is 0 Å². The fourth-order valence-electron chi connectivity index (χ4n) is 0.393. The van der Waals surface area contributed by atoms with Crippen molar-refractivity contribution in [2.75, 3.05) is 0 Å². The van der Waals surface area contributed by atoms with Gasteiger partial charge in [-0.05, 0) is 23.2 Å². The number of carbonyl (C=O) groups excluding carboxylic acids is 2. The van der Waals surface area contributed by atoms with Gasteiger partial charge in [0.1, 0.15) is 0 Å². The highest BCUT2D eigenvalue weighted by Crippen LogP contribution is 2.16. The molecule has 0 bridgehead atoms. The van der Waals surface area contributed by atoms with Gasteiger partial charge in [-0.15, -0.1) is 0 Å². The lowest BCUT2D eigenvalue weighted by Crippen LogP contribution is -2.19. The quantitative estimate of drug-likeness (QED) is 0.625. The lowest BCUT2D eigenvalue weighted by Gasteiger charge is -2.09. The van der Waals surface area contributed by atoms with E-state index in [4.69, 9.17) is 23.2 Å². The zero-order valence-corrected chi connectivity index (χ0v) is 7.24. The molecule has 2 atom stereocenters. The maximum atomic E-state index is 10.4. The Kier molecular flexibility index (Phi) is 3.91. The highest BCUT2D eigenvalue weighted by Gasteiger charge is 2.22. The molecule has 4 heteroatoms. The summed E-state index contributed by atoms with van der Waals surface area (Å²) >= 11 is 10.2. The van der Waals surface area contributed by atoms with Gasteiger partial charge in [0.05, 0.1) is 0 Å². The van der Waals surface area contributed by atoms with E-state index in [1.807, 2.05) is 0 Å². The summed E-state index contributed by atoms with van der Waals surface area (Å²) in [5.41, 5.74) is 0. The van der Waals surface area contributed by atoms with Gasteiger partial charge < -0.3 is 0 Å². The standard InChI is InChI=1S/C6H8Cl2O2/c1-3(5(7)9)4(2)6(8)10/h3-4H,1-2H3. The second-order valence-corrected chi connectivity index (χ2v) is 2.93. The van der Waals surface area contributed by atoms with Crippen LogP contribution in [0.15, 0.2) is 0 Å². The first kappa shape index (κ1) is 9.92. The van der Waals surface area contributed by atoms with Gasteiger partial charge in [0, 0.05) is 11.8 Å². The van der Waals surface area contributed by atoms with Crippen molar-refractivity contribution in [2.45, 2.75) is 13.8 Å². The molecule has 0 aromatic rings. The van der Waals surface area contributed by atoms with Crippen molar-refractivity contribution in [2.24, 2.45) is 11.8 Å². The third-order valence-corrected chi connectivity index (χ3v) is 2.15. The molecule has 0 saturated carbocycles. The molecule has 0 N–H and O–H groups in total. The number of rotatable bonds is 3. The molecule has 0 fully saturated rings. The molecule has 0 aromatic heterocycles. The summed E-state index contributed by atoms with van der Waals surface area (Å²) in [7, 11) is 0. The molecule has 0 aliphatic heterocycles. The summed E-state index contributed by atoms with van der Waals surface area (Å²) in [6.45, 7) is 3.14. The van der Waals surface area contributed by atoms with Crippen molar-refractivity contribution in [3.8, 4) is 0 Å². The van der Waals surface area contributed by atoms with Gasteiger partial charge >= 0.3 is 0 Å². The molecular formula is C6H8Cl2O2. The molecule has 0 radical (unpaired) electrons. The fraction of sp³-hybridized carbons (Fsp3) is 0.667. The van der Waals surface area contributed by atoms with Crippen LogP contribution < -0.4 is 0 Å². The van der Waals surface area contributed by atoms with Crippen molar-refractivity contribution in [3.63, 3.8) is 0 Å². The predicted octanol–water partition coefficient (Wildman–Crippen LogP) is 1.79. The third kappa shape index (κ3) is 2.67. The minimum absolute atomic E-state index is 0.494. The maximum absolute atomic E-state index is 10.4. The lowest BCUT2D eigenvalue weighted by molar-refractivity contribution is -0.122. The van der Waals surface area contributed by atoms with Crippen molar-refractivity contribution in [1.29, 1.82) is 0 Å². The van der Waals surface area contributed by atoms with Crippen LogP contribution in [-0.4, -0.2) is 10.5 Å². The normalized spacial score (nSPS) is 16.0. The van der Waals surface area contributed by atoms with E-state index in [9.17, 15) is 9.59 Å². The maximum Gasteiger partial charge on any atom is 0.225 e. The van der Waals surface area contributed by atoms with E-state index in [1.165, 1.54) is 0 Å². The Hall–Kier alpha value is -0.0800.